The van der Waals surface area contributed by atoms with Crippen LogP contribution in [-0.4, -0.2) is 23.9 Å². The normalized spacial score (nSPS) is 21.2. The lowest BCUT2D eigenvalue weighted by Gasteiger charge is -2.26. The summed E-state index contributed by atoms with van der Waals surface area (Å²) in [7, 11) is 1.40. The third-order valence-corrected chi connectivity index (χ3v) is 6.72. The minimum absolute atomic E-state index is 0.0107. The van der Waals surface area contributed by atoms with Crippen LogP contribution in [0.15, 0.2) is 66.3 Å². The molecule has 2 heterocycles. The van der Waals surface area contributed by atoms with Crippen molar-refractivity contribution < 1.29 is 14.3 Å². The van der Waals surface area contributed by atoms with Crippen LogP contribution in [-0.2, 0) is 16.1 Å². The lowest BCUT2D eigenvalue weighted by atomic mass is 9.80. The zero-order chi connectivity index (χ0) is 22.7. The summed E-state index contributed by atoms with van der Waals surface area (Å²) in [6, 6.07) is 5.83. The van der Waals surface area contributed by atoms with Crippen LogP contribution in [0.1, 0.15) is 72.5 Å². The molecule has 2 aliphatic rings. The topological polar surface area (TPSA) is 48.3 Å². The molecule has 1 aromatic carbocycles. The Morgan fingerprint density at radius 2 is 2.00 bits per heavy atom. The van der Waals surface area contributed by atoms with E-state index < -0.39 is 0 Å². The Morgan fingerprint density at radius 3 is 2.66 bits per heavy atom. The molecule has 4 heteroatoms. The van der Waals surface area contributed by atoms with Crippen molar-refractivity contribution in [2.45, 2.75) is 57.4 Å². The lowest BCUT2D eigenvalue weighted by Crippen LogP contribution is -2.14. The van der Waals surface area contributed by atoms with E-state index in [0.717, 1.165) is 30.2 Å². The Labute approximate surface area is 189 Å². The van der Waals surface area contributed by atoms with Gasteiger partial charge in [0.1, 0.15) is 6.29 Å². The van der Waals surface area contributed by atoms with E-state index in [4.69, 9.17) is 4.74 Å². The van der Waals surface area contributed by atoms with Crippen LogP contribution in [0.3, 0.4) is 0 Å². The first kappa shape index (κ1) is 22.1. The molecule has 1 saturated carbocycles. The van der Waals surface area contributed by atoms with Crippen molar-refractivity contribution in [2.75, 3.05) is 7.11 Å². The fourth-order valence-corrected chi connectivity index (χ4v) is 5.31. The Morgan fingerprint density at radius 1 is 1.22 bits per heavy atom. The van der Waals surface area contributed by atoms with E-state index >= 15 is 0 Å². The van der Waals surface area contributed by atoms with Gasteiger partial charge in [-0.05, 0) is 55.0 Å². The van der Waals surface area contributed by atoms with Gasteiger partial charge >= 0.3 is 5.97 Å². The molecule has 166 valence electrons. The molecule has 1 aliphatic carbocycles. The summed E-state index contributed by atoms with van der Waals surface area (Å²) in [5.74, 6) is 0.126. The van der Waals surface area contributed by atoms with Crippen molar-refractivity contribution in [3.63, 3.8) is 0 Å². The van der Waals surface area contributed by atoms with Crippen LogP contribution in [0, 0.1) is 0 Å². The third kappa shape index (κ3) is 4.02. The minimum atomic E-state index is -0.353. The molecule has 0 amide bonds. The Balaban J connectivity index is 2.04. The highest BCUT2D eigenvalue weighted by atomic mass is 16.5. The molecule has 1 aliphatic heterocycles. The van der Waals surface area contributed by atoms with Gasteiger partial charge in [-0.1, -0.05) is 49.6 Å². The SMILES string of the molecule is C=CC1C=C(/C=C\C)/C=C(/C=O)Cn2c1c(C1CCCCC1)c1ccc(C(=O)OC)cc12. The van der Waals surface area contributed by atoms with Gasteiger partial charge in [-0.25, -0.2) is 4.79 Å². The first-order valence-electron chi connectivity index (χ1n) is 11.5. The molecule has 1 aromatic heterocycles. The zero-order valence-corrected chi connectivity index (χ0v) is 19.0. The largest absolute Gasteiger partial charge is 0.465 e. The van der Waals surface area contributed by atoms with Crippen LogP contribution in [0.4, 0.5) is 0 Å². The molecule has 0 N–H and O–H groups in total. The highest BCUT2D eigenvalue weighted by Gasteiger charge is 2.29. The smallest absolute Gasteiger partial charge is 0.337 e. The number of allylic oxidation sites excluding steroid dienone is 7. The van der Waals surface area contributed by atoms with Gasteiger partial charge in [-0.2, -0.15) is 0 Å². The first-order chi connectivity index (χ1) is 15.6. The number of benzene rings is 1. The highest BCUT2D eigenvalue weighted by Crippen LogP contribution is 2.44. The third-order valence-electron chi connectivity index (χ3n) is 6.72. The first-order valence-corrected chi connectivity index (χ1v) is 11.5. The maximum absolute atomic E-state index is 12.3. The molecule has 0 bridgehead atoms. The number of fused-ring (bicyclic) bond motifs is 3. The number of esters is 1. The van der Waals surface area contributed by atoms with Gasteiger partial charge in [0.05, 0.1) is 19.2 Å². The van der Waals surface area contributed by atoms with Crippen molar-refractivity contribution >= 4 is 23.2 Å². The van der Waals surface area contributed by atoms with E-state index in [0.29, 0.717) is 23.6 Å². The van der Waals surface area contributed by atoms with E-state index in [1.807, 2.05) is 43.4 Å². The summed E-state index contributed by atoms with van der Waals surface area (Å²) in [5, 5.41) is 1.17. The molecule has 1 fully saturated rings. The fourth-order valence-electron chi connectivity index (χ4n) is 5.31. The van der Waals surface area contributed by atoms with E-state index in [1.165, 1.54) is 43.0 Å². The Hall–Kier alpha value is -3.14. The van der Waals surface area contributed by atoms with Gasteiger partial charge in [0.25, 0.3) is 0 Å². The number of carbonyl (C=O) groups excluding carboxylic acids is 2. The molecule has 4 rings (SSSR count). The maximum Gasteiger partial charge on any atom is 0.337 e. The van der Waals surface area contributed by atoms with E-state index in [2.05, 4.69) is 23.3 Å². The molecule has 2 aromatic rings. The predicted octanol–water partition coefficient (Wildman–Crippen LogP) is 6.39. The number of ether oxygens (including phenoxy) is 1. The predicted molar refractivity (Wildman–Crippen MR) is 129 cm³/mol. The highest BCUT2D eigenvalue weighted by molar-refractivity contribution is 5.96. The number of hydrogen-bond donors (Lipinski definition) is 0. The number of nitrogens with zero attached hydrogens (tertiary/aromatic N) is 1. The number of rotatable bonds is 5. The molecule has 1 unspecified atom stereocenters. The Bertz CT molecular complexity index is 1140. The summed E-state index contributed by atoms with van der Waals surface area (Å²) >= 11 is 0. The molecule has 32 heavy (non-hydrogen) atoms. The second-order valence-corrected chi connectivity index (χ2v) is 8.71. The Kier molecular flexibility index (Phi) is 6.59. The number of methoxy groups -OCH3 is 1. The lowest BCUT2D eigenvalue weighted by molar-refractivity contribution is -0.105. The molecule has 0 spiro atoms. The van der Waals surface area contributed by atoms with Gasteiger partial charge in [0.2, 0.25) is 0 Å². The zero-order valence-electron chi connectivity index (χ0n) is 19.0. The number of hydrogen-bond acceptors (Lipinski definition) is 3. The van der Waals surface area contributed by atoms with Crippen LogP contribution >= 0.6 is 0 Å². The van der Waals surface area contributed by atoms with Gasteiger partial charge in [-0.15, -0.1) is 6.58 Å². The monoisotopic (exact) mass is 429 g/mol. The second-order valence-electron chi connectivity index (χ2n) is 8.71. The maximum atomic E-state index is 12.3. The molecular formula is C28H31NO3. The molecule has 0 saturated heterocycles. The van der Waals surface area contributed by atoms with E-state index in [1.54, 1.807) is 0 Å². The van der Waals surface area contributed by atoms with Gasteiger partial charge in [-0.3, -0.25) is 4.79 Å². The molecule has 1 atom stereocenters. The van der Waals surface area contributed by atoms with Crippen LogP contribution < -0.4 is 0 Å². The summed E-state index contributed by atoms with van der Waals surface area (Å²) < 4.78 is 7.20. The van der Waals surface area contributed by atoms with Crippen molar-refractivity contribution in [2.24, 2.45) is 0 Å². The molecule has 0 radical (unpaired) electrons. The number of aldehydes is 1. The summed E-state index contributed by atoms with van der Waals surface area (Å²) in [6.07, 6.45) is 17.2. The van der Waals surface area contributed by atoms with Crippen LogP contribution in [0.2, 0.25) is 0 Å². The average molecular weight is 430 g/mol. The summed E-state index contributed by atoms with van der Waals surface area (Å²) in [6.45, 7) is 6.60. The second kappa shape index (κ2) is 9.56. The van der Waals surface area contributed by atoms with Gasteiger partial charge < -0.3 is 9.30 Å². The minimum Gasteiger partial charge on any atom is -0.465 e. The summed E-state index contributed by atoms with van der Waals surface area (Å²) in [4.78, 5) is 24.3. The van der Waals surface area contributed by atoms with E-state index in [9.17, 15) is 9.59 Å². The fraction of sp³-hybridized carbons (Fsp3) is 0.357. The average Bonchev–Trinajstić information content (AvgIpc) is 3.13. The van der Waals surface area contributed by atoms with Crippen LogP contribution in [0.5, 0.6) is 0 Å². The number of carbonyl (C=O) groups is 2. The van der Waals surface area contributed by atoms with Gasteiger partial charge in [0.15, 0.2) is 0 Å². The number of aromatic nitrogens is 1. The summed E-state index contributed by atoms with van der Waals surface area (Å²) in [5.41, 5.74) is 5.76. The van der Waals surface area contributed by atoms with Gasteiger partial charge in [0, 0.05) is 28.1 Å². The quantitative estimate of drug-likeness (QED) is 0.314. The molecule has 4 nitrogen and oxygen atoms in total. The van der Waals surface area contributed by atoms with Crippen LogP contribution in [0.25, 0.3) is 10.9 Å². The van der Waals surface area contributed by atoms with Crippen molar-refractivity contribution in [1.29, 1.82) is 0 Å². The van der Waals surface area contributed by atoms with Crippen molar-refractivity contribution in [3.05, 3.63) is 83.1 Å². The van der Waals surface area contributed by atoms with E-state index in [-0.39, 0.29) is 11.9 Å². The van der Waals surface area contributed by atoms with Crippen molar-refractivity contribution in [1.82, 2.24) is 4.57 Å². The standard InChI is InChI=1S/C28H31NO3/c1-4-9-19-14-20(18-30)17-29-25-16-23(28(31)32-3)12-13-24(25)26(22-10-7-6-8-11-22)27(29)21(5-2)15-19/h4-5,9,12-16,18,21-22H,2,6-8,10-11,17H2,1,3H3/b9-4-,19-15?,20-14+. The molecular weight excluding hydrogens is 398 g/mol. The van der Waals surface area contributed by atoms with Crippen molar-refractivity contribution in [3.8, 4) is 0 Å².